The summed E-state index contributed by atoms with van der Waals surface area (Å²) in [4.78, 5) is 42.4. The van der Waals surface area contributed by atoms with Gasteiger partial charge in [-0.05, 0) is 55.7 Å². The number of H-pyrrole nitrogens is 1. The highest BCUT2D eigenvalue weighted by Gasteiger charge is 2.69. The quantitative estimate of drug-likeness (QED) is 0.124. The Bertz CT molecular complexity index is 1620. The van der Waals surface area contributed by atoms with Gasteiger partial charge in [-0.1, -0.05) is 38.1 Å². The van der Waals surface area contributed by atoms with E-state index in [9.17, 15) is 29.7 Å². The lowest BCUT2D eigenvalue weighted by Crippen LogP contribution is -2.57. The predicted molar refractivity (Wildman–Crippen MR) is 173 cm³/mol. The van der Waals surface area contributed by atoms with Crippen molar-refractivity contribution in [2.45, 2.75) is 82.9 Å². The average Bonchev–Trinajstić information content (AvgIpc) is 3.67. The van der Waals surface area contributed by atoms with Gasteiger partial charge in [-0.15, -0.1) is 0 Å². The number of benzene rings is 1. The van der Waals surface area contributed by atoms with Crippen LogP contribution in [0.25, 0.3) is 0 Å². The Morgan fingerprint density at radius 1 is 1.16 bits per heavy atom. The summed E-state index contributed by atoms with van der Waals surface area (Å²) in [5, 5.41) is 33.8. The number of nitrogens with one attached hydrogen (secondary N) is 2. The number of aromatic amines is 1. The molecule has 1 amide bonds. The van der Waals surface area contributed by atoms with Crippen molar-refractivity contribution >= 4 is 18.0 Å². The number of carbonyl (C=O) groups is 3. The van der Waals surface area contributed by atoms with Gasteiger partial charge in [-0.2, -0.15) is 0 Å². The van der Waals surface area contributed by atoms with Crippen LogP contribution < -0.4 is 5.32 Å². The van der Waals surface area contributed by atoms with Crippen LogP contribution in [-0.4, -0.2) is 87.7 Å². The summed E-state index contributed by atoms with van der Waals surface area (Å²) in [6, 6.07) is 7.52. The van der Waals surface area contributed by atoms with Crippen LogP contribution >= 0.6 is 0 Å². The van der Waals surface area contributed by atoms with Crippen molar-refractivity contribution < 1.29 is 53.4 Å². The van der Waals surface area contributed by atoms with Gasteiger partial charge in [0.25, 0.3) is 0 Å². The molecule has 1 saturated heterocycles. The van der Waals surface area contributed by atoms with Crippen molar-refractivity contribution in [1.82, 2.24) is 10.3 Å². The first-order chi connectivity index (χ1) is 23.3. The number of amides is 1. The molecular formula is C36H44N2O11. The third-order valence-electron chi connectivity index (χ3n) is 10.7. The predicted octanol–water partition coefficient (Wildman–Crippen LogP) is 3.75. The number of methoxy groups -OCH3 is 1. The van der Waals surface area contributed by atoms with Crippen LogP contribution in [0.15, 0.2) is 60.3 Å². The van der Waals surface area contributed by atoms with Crippen molar-refractivity contribution in [3.05, 3.63) is 71.6 Å². The molecule has 13 heteroatoms. The fourth-order valence-electron chi connectivity index (χ4n) is 8.26. The number of ether oxygens (including phenoxy) is 5. The second kappa shape index (κ2) is 13.5. The van der Waals surface area contributed by atoms with Crippen LogP contribution in [0.1, 0.15) is 50.2 Å². The summed E-state index contributed by atoms with van der Waals surface area (Å²) in [6.45, 7) is 7.30. The molecule has 2 aliphatic heterocycles. The number of aliphatic hydroxyl groups is 1. The van der Waals surface area contributed by atoms with Crippen molar-refractivity contribution in [3.8, 4) is 11.5 Å². The zero-order chi connectivity index (χ0) is 35.2. The lowest BCUT2D eigenvalue weighted by molar-refractivity contribution is -0.172. The smallest absolute Gasteiger partial charge is 0.407 e. The van der Waals surface area contributed by atoms with Gasteiger partial charge in [-0.25, -0.2) is 14.4 Å². The molecule has 1 saturated carbocycles. The number of alkyl carbamates (subject to hydrolysis) is 1. The van der Waals surface area contributed by atoms with E-state index in [-0.39, 0.29) is 36.3 Å². The molecule has 1 spiro atoms. The maximum atomic E-state index is 13.6. The highest BCUT2D eigenvalue weighted by molar-refractivity contribution is 5.87. The molecule has 0 unspecified atom stereocenters. The number of rotatable bonds is 7. The van der Waals surface area contributed by atoms with Gasteiger partial charge >= 0.3 is 18.0 Å². The minimum Gasteiger partial charge on any atom is -0.504 e. The van der Waals surface area contributed by atoms with E-state index in [0.717, 1.165) is 5.57 Å². The Kier molecular flexibility index (Phi) is 9.53. The van der Waals surface area contributed by atoms with Crippen LogP contribution in [0.2, 0.25) is 0 Å². The van der Waals surface area contributed by atoms with Gasteiger partial charge in [0.1, 0.15) is 35.7 Å². The van der Waals surface area contributed by atoms with Gasteiger partial charge in [-0.3, -0.25) is 0 Å². The highest BCUT2D eigenvalue weighted by Crippen LogP contribution is 2.61. The Morgan fingerprint density at radius 3 is 2.63 bits per heavy atom. The molecule has 2 aliphatic carbocycles. The summed E-state index contributed by atoms with van der Waals surface area (Å²) in [5.74, 6) is -3.69. The number of aromatic nitrogens is 1. The van der Waals surface area contributed by atoms with E-state index in [4.69, 9.17) is 23.7 Å². The molecule has 3 heterocycles. The molecule has 4 aliphatic rings. The summed E-state index contributed by atoms with van der Waals surface area (Å²) >= 11 is 0. The van der Waals surface area contributed by atoms with Crippen LogP contribution in [-0.2, 0) is 35.0 Å². The standard InChI is InChI=1S/C36H44N2O11/c1-17-13-18(2)36-22(9-10-23-28(36)29(41)19(3)31(32(23)49-36)48-33(42)24-7-6-12-37-24)15-27(45-5)34(43)47-30(17)20(4)46-35(44)38-16-21-8-11-25(39)26(40)14-21/h6-14,17,19-20,22-23,27-32,37,39-41H,15-16H2,1-5H3,(H,38,44)/b18-13+/t17-,19-,20-,22-,23-,27+,28+,29-,30+,31-,32-,36+/m1/s1. The molecular weight excluding hydrogens is 636 g/mol. The number of hydrogen-bond acceptors (Lipinski definition) is 11. The number of phenolic OH excluding ortho intramolecular Hbond substituents is 2. The SMILES string of the molecule is CO[C@H]1C[C@H]2C=C[C@H]3[C@H]4O[C@]2(/C(C)=C/[C@@H](C)[C@@H]([C@@H](C)OC(=O)NCc2ccc(O)c(O)c2)OC1=O)[C@@H]3[C@H](O)[C@@H](C)[C@H]4OC(=O)c1ccc[nH]1. The minimum atomic E-state index is -1.05. The number of aromatic hydroxyl groups is 2. The first kappa shape index (κ1) is 34.5. The fraction of sp³-hybridized carbons (Fsp3) is 0.528. The molecule has 5 N–H and O–H groups in total. The second-order valence-corrected chi connectivity index (χ2v) is 13.6. The second-order valence-electron chi connectivity index (χ2n) is 13.6. The van der Waals surface area contributed by atoms with Crippen molar-refractivity contribution in [2.24, 2.45) is 29.6 Å². The molecule has 13 nitrogen and oxygen atoms in total. The van der Waals surface area contributed by atoms with Crippen LogP contribution in [0, 0.1) is 29.6 Å². The third kappa shape index (κ3) is 6.19. The van der Waals surface area contributed by atoms with E-state index in [1.807, 2.05) is 39.0 Å². The Morgan fingerprint density at radius 2 is 1.94 bits per heavy atom. The van der Waals surface area contributed by atoms with Crippen LogP contribution in [0.3, 0.4) is 0 Å². The van der Waals surface area contributed by atoms with Crippen LogP contribution in [0.4, 0.5) is 4.79 Å². The van der Waals surface area contributed by atoms with E-state index in [1.54, 1.807) is 31.3 Å². The minimum absolute atomic E-state index is 0.0186. The molecule has 12 atom stereocenters. The number of esters is 2. The van der Waals surface area contributed by atoms with Crippen molar-refractivity contribution in [1.29, 1.82) is 0 Å². The van der Waals surface area contributed by atoms with Gasteiger partial charge in [0.05, 0.1) is 6.10 Å². The largest absolute Gasteiger partial charge is 0.504 e. The Hall–Kier alpha value is -4.33. The Labute approximate surface area is 284 Å². The van der Waals surface area contributed by atoms with E-state index < -0.39 is 78.0 Å². The van der Waals surface area contributed by atoms with Gasteiger partial charge in [0.15, 0.2) is 17.6 Å². The zero-order valence-corrected chi connectivity index (χ0v) is 28.1. The summed E-state index contributed by atoms with van der Waals surface area (Å²) < 4.78 is 30.3. The van der Waals surface area contributed by atoms with Gasteiger partial charge in [0, 0.05) is 49.4 Å². The number of cyclic esters (lactones) is 1. The highest BCUT2D eigenvalue weighted by atomic mass is 16.6. The molecule has 6 rings (SSSR count). The van der Waals surface area contributed by atoms with Gasteiger partial charge in [0.2, 0.25) is 0 Å². The Balaban J connectivity index is 1.27. The molecule has 1 aromatic carbocycles. The molecule has 4 bridgehead atoms. The number of carbonyl (C=O) groups excluding carboxylic acids is 3. The summed E-state index contributed by atoms with van der Waals surface area (Å²) in [7, 11) is 1.43. The molecule has 264 valence electrons. The molecule has 2 fully saturated rings. The maximum Gasteiger partial charge on any atom is 0.407 e. The maximum absolute atomic E-state index is 13.6. The lowest BCUT2D eigenvalue weighted by atomic mass is 9.57. The lowest BCUT2D eigenvalue weighted by Gasteiger charge is -2.48. The molecule has 2 aromatic rings. The average molecular weight is 681 g/mol. The topological polar surface area (TPSA) is 186 Å². The molecule has 49 heavy (non-hydrogen) atoms. The number of phenols is 2. The van der Waals surface area contributed by atoms with Crippen molar-refractivity contribution in [2.75, 3.05) is 7.11 Å². The third-order valence-corrected chi connectivity index (χ3v) is 10.7. The number of hydrogen-bond donors (Lipinski definition) is 5. The van der Waals surface area contributed by atoms with E-state index in [1.165, 1.54) is 19.2 Å². The van der Waals surface area contributed by atoms with Crippen molar-refractivity contribution in [3.63, 3.8) is 0 Å². The number of aliphatic hydroxyl groups excluding tert-OH is 1. The van der Waals surface area contributed by atoms with E-state index in [2.05, 4.69) is 10.3 Å². The monoisotopic (exact) mass is 680 g/mol. The summed E-state index contributed by atoms with van der Waals surface area (Å²) in [6.07, 6.45) is 2.05. The fourth-order valence-corrected chi connectivity index (χ4v) is 8.26. The van der Waals surface area contributed by atoms with Crippen LogP contribution in [0.5, 0.6) is 11.5 Å². The normalized spacial score (nSPS) is 36.8. The molecule has 0 radical (unpaired) electrons. The first-order valence-electron chi connectivity index (χ1n) is 16.6. The van der Waals surface area contributed by atoms with E-state index in [0.29, 0.717) is 11.3 Å². The zero-order valence-electron chi connectivity index (χ0n) is 28.1. The van der Waals surface area contributed by atoms with E-state index >= 15 is 0 Å². The van der Waals surface area contributed by atoms with Gasteiger partial charge < -0.3 is 49.3 Å². The summed E-state index contributed by atoms with van der Waals surface area (Å²) in [5.41, 5.74) is 0.608. The molecule has 1 aromatic heterocycles. The first-order valence-corrected chi connectivity index (χ1v) is 16.6.